The fourth-order valence-corrected chi connectivity index (χ4v) is 3.99. The van der Waals surface area contributed by atoms with Gasteiger partial charge in [-0.1, -0.05) is 54.6 Å². The van der Waals surface area contributed by atoms with Crippen molar-refractivity contribution in [2.24, 2.45) is 0 Å². The van der Waals surface area contributed by atoms with E-state index in [2.05, 4.69) is 33.7 Å². The lowest BCUT2D eigenvalue weighted by molar-refractivity contribution is -0.139. The summed E-state index contributed by atoms with van der Waals surface area (Å²) in [5, 5.41) is 5.48. The molecule has 1 atom stereocenters. The van der Waals surface area contributed by atoms with Gasteiger partial charge in [-0.25, -0.2) is 0 Å². The molecule has 1 aromatic heterocycles. The van der Waals surface area contributed by atoms with Crippen LogP contribution in [0.3, 0.4) is 0 Å². The number of furan rings is 1. The van der Waals surface area contributed by atoms with Crippen molar-refractivity contribution in [1.29, 1.82) is 0 Å². The molecule has 2 amide bonds. The Morgan fingerprint density at radius 3 is 2.42 bits per heavy atom. The Balaban J connectivity index is 1.32. The summed E-state index contributed by atoms with van der Waals surface area (Å²) in [5.41, 5.74) is 3.76. The normalized spacial score (nSPS) is 14.5. The molecule has 3 aromatic rings. The van der Waals surface area contributed by atoms with Gasteiger partial charge in [-0.15, -0.1) is 0 Å². The molecule has 6 heteroatoms. The third-order valence-electron chi connectivity index (χ3n) is 5.68. The van der Waals surface area contributed by atoms with Gasteiger partial charge in [0.1, 0.15) is 5.76 Å². The number of amides is 2. The maximum atomic E-state index is 12.4. The van der Waals surface area contributed by atoms with Crippen molar-refractivity contribution < 1.29 is 14.0 Å². The van der Waals surface area contributed by atoms with Crippen LogP contribution in [0.2, 0.25) is 0 Å². The fourth-order valence-electron chi connectivity index (χ4n) is 3.99. The second kappa shape index (κ2) is 10.1. The Bertz CT molecular complexity index is 1000. The topological polar surface area (TPSA) is 74.6 Å². The number of nitrogens with zero attached hydrogens (tertiary/aromatic N) is 1. The van der Waals surface area contributed by atoms with Crippen molar-refractivity contribution in [1.82, 2.24) is 15.5 Å². The third-order valence-corrected chi connectivity index (χ3v) is 5.68. The maximum absolute atomic E-state index is 12.4. The maximum Gasteiger partial charge on any atom is 0.309 e. The third kappa shape index (κ3) is 5.41. The molecular weight excluding hydrogens is 390 g/mol. The largest absolute Gasteiger partial charge is 0.468 e. The van der Waals surface area contributed by atoms with E-state index in [-0.39, 0.29) is 6.04 Å². The molecule has 160 valence electrons. The average molecular weight is 418 g/mol. The van der Waals surface area contributed by atoms with Crippen LogP contribution >= 0.6 is 0 Å². The highest BCUT2D eigenvalue weighted by Crippen LogP contribution is 2.27. The van der Waals surface area contributed by atoms with Crippen LogP contribution in [0.4, 0.5) is 0 Å². The smallest absolute Gasteiger partial charge is 0.309 e. The molecule has 4 rings (SSSR count). The number of hydrogen-bond donors (Lipinski definition) is 2. The van der Waals surface area contributed by atoms with E-state index < -0.39 is 11.8 Å². The van der Waals surface area contributed by atoms with Gasteiger partial charge in [0.2, 0.25) is 0 Å². The van der Waals surface area contributed by atoms with Crippen LogP contribution in [-0.2, 0) is 29.0 Å². The van der Waals surface area contributed by atoms with Crippen molar-refractivity contribution in [3.8, 4) is 0 Å². The quantitative estimate of drug-likeness (QED) is 0.580. The number of carbonyl (C=O) groups excluding carboxylic acids is 2. The summed E-state index contributed by atoms with van der Waals surface area (Å²) in [6.45, 7) is 2.36. The molecule has 0 spiro atoms. The zero-order valence-corrected chi connectivity index (χ0v) is 17.4. The predicted octanol–water partition coefficient (Wildman–Crippen LogP) is 2.85. The molecule has 0 saturated carbocycles. The van der Waals surface area contributed by atoms with E-state index in [1.807, 2.05) is 48.5 Å². The van der Waals surface area contributed by atoms with Crippen LogP contribution in [0, 0.1) is 0 Å². The first-order valence-electron chi connectivity index (χ1n) is 10.6. The van der Waals surface area contributed by atoms with Crippen LogP contribution < -0.4 is 10.6 Å². The summed E-state index contributed by atoms with van der Waals surface area (Å²) in [5.74, 6) is -0.454. The van der Waals surface area contributed by atoms with E-state index in [1.165, 1.54) is 11.1 Å². The molecule has 31 heavy (non-hydrogen) atoms. The molecular formula is C25H27N3O3. The summed E-state index contributed by atoms with van der Waals surface area (Å²) in [6.07, 6.45) is 3.27. The minimum atomic E-state index is -0.623. The standard InChI is InChI=1S/C25H27N3O3/c29-24(26-14-12-19-7-2-1-3-8-19)25(30)27-17-22(23-11-6-16-31-23)28-15-13-20-9-4-5-10-21(20)18-28/h1-11,16,22H,12-15,17-18H2,(H,26,29)(H,27,30). The summed E-state index contributed by atoms with van der Waals surface area (Å²) in [6, 6.07) is 21.9. The summed E-state index contributed by atoms with van der Waals surface area (Å²) >= 11 is 0. The van der Waals surface area contributed by atoms with Gasteiger partial charge in [-0.3, -0.25) is 14.5 Å². The molecule has 2 N–H and O–H groups in total. The average Bonchev–Trinajstić information content (AvgIpc) is 3.34. The first-order valence-corrected chi connectivity index (χ1v) is 10.6. The van der Waals surface area contributed by atoms with E-state index in [0.717, 1.165) is 30.8 Å². The zero-order valence-electron chi connectivity index (χ0n) is 17.4. The van der Waals surface area contributed by atoms with Gasteiger partial charge in [-0.2, -0.15) is 0 Å². The van der Waals surface area contributed by atoms with E-state index in [0.29, 0.717) is 19.5 Å². The van der Waals surface area contributed by atoms with Gasteiger partial charge >= 0.3 is 11.8 Å². The van der Waals surface area contributed by atoms with E-state index in [1.54, 1.807) is 6.26 Å². The van der Waals surface area contributed by atoms with Crippen LogP contribution in [0.25, 0.3) is 0 Å². The number of nitrogens with one attached hydrogen (secondary N) is 2. The molecule has 0 bridgehead atoms. The second-order valence-electron chi connectivity index (χ2n) is 7.72. The molecule has 0 saturated heterocycles. The molecule has 6 nitrogen and oxygen atoms in total. The number of benzene rings is 2. The molecule has 1 aliphatic heterocycles. The molecule has 2 heterocycles. The molecule has 0 fully saturated rings. The Morgan fingerprint density at radius 2 is 1.65 bits per heavy atom. The monoisotopic (exact) mass is 417 g/mol. The van der Waals surface area contributed by atoms with Crippen molar-refractivity contribution >= 4 is 11.8 Å². The van der Waals surface area contributed by atoms with Gasteiger partial charge in [0.25, 0.3) is 0 Å². The minimum Gasteiger partial charge on any atom is -0.468 e. The van der Waals surface area contributed by atoms with E-state index in [4.69, 9.17) is 4.42 Å². The summed E-state index contributed by atoms with van der Waals surface area (Å²) in [4.78, 5) is 26.9. The highest BCUT2D eigenvalue weighted by Gasteiger charge is 2.27. The second-order valence-corrected chi connectivity index (χ2v) is 7.72. The van der Waals surface area contributed by atoms with Crippen molar-refractivity contribution in [3.63, 3.8) is 0 Å². The Labute approximate surface area is 182 Å². The SMILES string of the molecule is O=C(NCCc1ccccc1)C(=O)NCC(c1ccco1)N1CCc2ccccc2C1. The first kappa shape index (κ1) is 20.9. The Kier molecular flexibility index (Phi) is 6.79. The Morgan fingerprint density at radius 1 is 0.903 bits per heavy atom. The van der Waals surface area contributed by atoms with Gasteiger partial charge in [0, 0.05) is 26.2 Å². The van der Waals surface area contributed by atoms with Crippen molar-refractivity contribution in [2.75, 3.05) is 19.6 Å². The first-order chi connectivity index (χ1) is 15.2. The highest BCUT2D eigenvalue weighted by molar-refractivity contribution is 6.35. The molecule has 1 unspecified atom stereocenters. The van der Waals surface area contributed by atoms with E-state index in [9.17, 15) is 9.59 Å². The molecule has 1 aliphatic rings. The number of hydrogen-bond acceptors (Lipinski definition) is 4. The van der Waals surface area contributed by atoms with Gasteiger partial charge in [0.05, 0.1) is 12.3 Å². The lowest BCUT2D eigenvalue weighted by Crippen LogP contribution is -2.45. The zero-order chi connectivity index (χ0) is 21.5. The molecule has 0 aliphatic carbocycles. The lowest BCUT2D eigenvalue weighted by atomic mass is 9.98. The van der Waals surface area contributed by atoms with Gasteiger partial charge in [-0.05, 0) is 41.7 Å². The predicted molar refractivity (Wildman–Crippen MR) is 118 cm³/mol. The molecule has 0 radical (unpaired) electrons. The van der Waals surface area contributed by atoms with E-state index >= 15 is 0 Å². The van der Waals surface area contributed by atoms with Crippen LogP contribution in [0.1, 0.15) is 28.5 Å². The fraction of sp³-hybridized carbons (Fsp3) is 0.280. The lowest BCUT2D eigenvalue weighted by Gasteiger charge is -2.34. The van der Waals surface area contributed by atoms with Gasteiger partial charge < -0.3 is 15.1 Å². The number of carbonyl (C=O) groups is 2. The van der Waals surface area contributed by atoms with Crippen LogP contribution in [0.15, 0.2) is 77.4 Å². The Hall–Kier alpha value is -3.38. The molecule has 2 aromatic carbocycles. The number of rotatable bonds is 7. The summed E-state index contributed by atoms with van der Waals surface area (Å²) in [7, 11) is 0. The van der Waals surface area contributed by atoms with Crippen LogP contribution in [-0.4, -0.2) is 36.3 Å². The summed E-state index contributed by atoms with van der Waals surface area (Å²) < 4.78 is 5.65. The number of fused-ring (bicyclic) bond motifs is 1. The van der Waals surface area contributed by atoms with Crippen molar-refractivity contribution in [2.45, 2.75) is 25.4 Å². The minimum absolute atomic E-state index is 0.135. The van der Waals surface area contributed by atoms with Crippen molar-refractivity contribution in [3.05, 3.63) is 95.4 Å². The highest BCUT2D eigenvalue weighted by atomic mass is 16.3. The van der Waals surface area contributed by atoms with Gasteiger partial charge in [0.15, 0.2) is 0 Å². The van der Waals surface area contributed by atoms with Crippen LogP contribution in [0.5, 0.6) is 0 Å².